The quantitative estimate of drug-likeness (QED) is 0.893. The number of nitrogens with zero attached hydrogens (tertiary/aromatic N) is 2. The molecule has 3 saturated heterocycles. The Kier molecular flexibility index (Phi) is 4.79. The maximum Gasteiger partial charge on any atom is 0.317 e. The van der Waals surface area contributed by atoms with Gasteiger partial charge in [-0.3, -0.25) is 4.90 Å². The highest BCUT2D eigenvalue weighted by Gasteiger charge is 2.38. The fraction of sp³-hybridized carbons (Fsp3) is 0.722. The van der Waals surface area contributed by atoms with E-state index in [9.17, 15) is 4.79 Å². The molecule has 4 heterocycles. The van der Waals surface area contributed by atoms with E-state index in [1.54, 1.807) is 11.3 Å². The monoisotopic (exact) mass is 349 g/mol. The number of piperidine rings is 1. The molecule has 0 aromatic carbocycles. The molecule has 3 fully saturated rings. The summed E-state index contributed by atoms with van der Waals surface area (Å²) < 4.78 is 6.04. The van der Waals surface area contributed by atoms with Crippen molar-refractivity contribution in [3.05, 3.63) is 22.4 Å². The fourth-order valence-corrected chi connectivity index (χ4v) is 5.13. The maximum absolute atomic E-state index is 12.8. The molecule has 5 nitrogen and oxygen atoms in total. The first kappa shape index (κ1) is 16.4. The molecule has 0 saturated carbocycles. The number of thiophene rings is 1. The van der Waals surface area contributed by atoms with Crippen LogP contribution in [0.1, 0.15) is 44.3 Å². The van der Waals surface area contributed by atoms with Crippen molar-refractivity contribution in [1.29, 1.82) is 0 Å². The van der Waals surface area contributed by atoms with Crippen LogP contribution < -0.4 is 5.32 Å². The van der Waals surface area contributed by atoms with Crippen LogP contribution >= 0.6 is 11.3 Å². The molecule has 4 atom stereocenters. The van der Waals surface area contributed by atoms with Gasteiger partial charge in [0, 0.05) is 25.2 Å². The van der Waals surface area contributed by atoms with Gasteiger partial charge in [-0.1, -0.05) is 6.42 Å². The normalized spacial score (nSPS) is 34.1. The molecule has 0 bridgehead atoms. The van der Waals surface area contributed by atoms with Gasteiger partial charge in [-0.05, 0) is 55.1 Å². The van der Waals surface area contributed by atoms with Crippen molar-refractivity contribution in [2.75, 3.05) is 26.2 Å². The molecular weight excluding hydrogens is 322 g/mol. The Balaban J connectivity index is 1.38. The lowest BCUT2D eigenvalue weighted by atomic mass is 9.99. The van der Waals surface area contributed by atoms with Crippen molar-refractivity contribution in [2.24, 2.45) is 0 Å². The van der Waals surface area contributed by atoms with Gasteiger partial charge in [0.2, 0.25) is 0 Å². The van der Waals surface area contributed by atoms with Gasteiger partial charge in [-0.2, -0.15) is 11.3 Å². The van der Waals surface area contributed by atoms with Gasteiger partial charge >= 0.3 is 6.03 Å². The molecule has 4 rings (SSSR count). The van der Waals surface area contributed by atoms with Crippen molar-refractivity contribution in [3.8, 4) is 0 Å². The Morgan fingerprint density at radius 1 is 1.29 bits per heavy atom. The van der Waals surface area contributed by atoms with Crippen LogP contribution in [0.2, 0.25) is 0 Å². The number of carbonyl (C=O) groups excluding carboxylic acids is 1. The summed E-state index contributed by atoms with van der Waals surface area (Å²) in [4.78, 5) is 17.3. The second-order valence-corrected chi connectivity index (χ2v) is 8.12. The Labute approximate surface area is 148 Å². The van der Waals surface area contributed by atoms with E-state index in [0.717, 1.165) is 13.0 Å². The average Bonchev–Trinajstić information content (AvgIpc) is 3.25. The molecule has 0 spiro atoms. The minimum atomic E-state index is 0.000470. The Morgan fingerprint density at radius 3 is 3.04 bits per heavy atom. The third-order valence-corrected chi connectivity index (χ3v) is 6.33. The Bertz CT molecular complexity index is 565. The van der Waals surface area contributed by atoms with Gasteiger partial charge in [-0.25, -0.2) is 4.79 Å². The van der Waals surface area contributed by atoms with Gasteiger partial charge < -0.3 is 15.0 Å². The SMILES string of the molecule is CC1CN(C(=O)NC2CCN3CCCCC23)CC(c2ccsc2)O1. The molecule has 24 heavy (non-hydrogen) atoms. The largest absolute Gasteiger partial charge is 0.367 e. The third kappa shape index (κ3) is 3.32. The summed E-state index contributed by atoms with van der Waals surface area (Å²) in [5.41, 5.74) is 1.18. The Hall–Kier alpha value is -1.11. The number of urea groups is 1. The highest BCUT2D eigenvalue weighted by molar-refractivity contribution is 7.07. The lowest BCUT2D eigenvalue weighted by molar-refractivity contribution is -0.0658. The summed E-state index contributed by atoms with van der Waals surface area (Å²) in [6.45, 7) is 5.71. The predicted octanol–water partition coefficient (Wildman–Crippen LogP) is 2.85. The summed E-state index contributed by atoms with van der Waals surface area (Å²) in [5.74, 6) is 0. The van der Waals surface area contributed by atoms with Crippen molar-refractivity contribution < 1.29 is 9.53 Å². The Morgan fingerprint density at radius 2 is 2.21 bits per heavy atom. The van der Waals surface area contributed by atoms with Crippen LogP contribution in [-0.2, 0) is 4.74 Å². The average molecular weight is 350 g/mol. The second-order valence-electron chi connectivity index (χ2n) is 7.34. The molecule has 1 aromatic heterocycles. The fourth-order valence-electron chi connectivity index (χ4n) is 4.43. The van der Waals surface area contributed by atoms with E-state index >= 15 is 0 Å². The van der Waals surface area contributed by atoms with Crippen LogP contribution in [0, 0.1) is 0 Å². The molecule has 3 aliphatic rings. The van der Waals surface area contributed by atoms with Crippen LogP contribution in [0.5, 0.6) is 0 Å². The highest BCUT2D eigenvalue weighted by atomic mass is 32.1. The van der Waals surface area contributed by atoms with E-state index in [-0.39, 0.29) is 18.2 Å². The molecule has 2 amide bonds. The van der Waals surface area contributed by atoms with Crippen LogP contribution in [0.3, 0.4) is 0 Å². The first-order valence-corrected chi connectivity index (χ1v) is 10.1. The number of nitrogens with one attached hydrogen (secondary N) is 1. The predicted molar refractivity (Wildman–Crippen MR) is 95.3 cm³/mol. The zero-order chi connectivity index (χ0) is 16.5. The summed E-state index contributed by atoms with van der Waals surface area (Å²) in [6.07, 6.45) is 4.99. The molecule has 0 radical (unpaired) electrons. The van der Waals surface area contributed by atoms with E-state index in [0.29, 0.717) is 25.2 Å². The van der Waals surface area contributed by atoms with Gasteiger partial charge in [0.15, 0.2) is 0 Å². The van der Waals surface area contributed by atoms with E-state index in [1.165, 1.54) is 31.4 Å². The highest BCUT2D eigenvalue weighted by Crippen LogP contribution is 2.29. The standard InChI is InChI=1S/C18H27N3O2S/c1-13-10-21(11-17(23-13)14-6-9-24-12-14)18(22)19-15-5-8-20-7-3-2-4-16(15)20/h6,9,12-13,15-17H,2-5,7-8,10-11H2,1H3,(H,19,22). The zero-order valence-electron chi connectivity index (χ0n) is 14.3. The molecular formula is C18H27N3O2S. The van der Waals surface area contributed by atoms with Gasteiger partial charge in [0.25, 0.3) is 0 Å². The number of ether oxygens (including phenoxy) is 1. The van der Waals surface area contributed by atoms with E-state index in [1.807, 2.05) is 4.90 Å². The van der Waals surface area contributed by atoms with Gasteiger partial charge in [0.05, 0.1) is 12.6 Å². The van der Waals surface area contributed by atoms with E-state index in [4.69, 9.17) is 4.74 Å². The number of fused-ring (bicyclic) bond motifs is 1. The summed E-state index contributed by atoms with van der Waals surface area (Å²) in [7, 11) is 0. The van der Waals surface area contributed by atoms with Crippen molar-refractivity contribution in [1.82, 2.24) is 15.1 Å². The number of hydrogen-bond donors (Lipinski definition) is 1. The molecule has 6 heteroatoms. The number of rotatable bonds is 2. The first-order valence-electron chi connectivity index (χ1n) is 9.18. The van der Waals surface area contributed by atoms with Crippen LogP contribution in [0.25, 0.3) is 0 Å². The number of amides is 2. The minimum Gasteiger partial charge on any atom is -0.367 e. The second kappa shape index (κ2) is 7.02. The van der Waals surface area contributed by atoms with E-state index in [2.05, 4.69) is 34.0 Å². The summed E-state index contributed by atoms with van der Waals surface area (Å²) in [5, 5.41) is 7.52. The minimum absolute atomic E-state index is 0.000470. The molecule has 4 unspecified atom stereocenters. The lowest BCUT2D eigenvalue weighted by Gasteiger charge is -2.38. The maximum atomic E-state index is 12.8. The molecule has 3 aliphatic heterocycles. The van der Waals surface area contributed by atoms with Gasteiger partial charge in [-0.15, -0.1) is 0 Å². The first-order chi connectivity index (χ1) is 11.7. The molecule has 0 aliphatic carbocycles. The molecule has 1 N–H and O–H groups in total. The van der Waals surface area contributed by atoms with Crippen molar-refractivity contribution in [2.45, 2.75) is 56.9 Å². The van der Waals surface area contributed by atoms with Crippen LogP contribution in [0.15, 0.2) is 16.8 Å². The number of hydrogen-bond acceptors (Lipinski definition) is 4. The molecule has 132 valence electrons. The van der Waals surface area contributed by atoms with Crippen LogP contribution in [-0.4, -0.2) is 60.2 Å². The smallest absolute Gasteiger partial charge is 0.317 e. The summed E-state index contributed by atoms with van der Waals surface area (Å²) in [6, 6.07) is 3.05. The number of carbonyl (C=O) groups is 1. The lowest BCUT2D eigenvalue weighted by Crippen LogP contribution is -2.54. The van der Waals surface area contributed by atoms with Crippen molar-refractivity contribution in [3.63, 3.8) is 0 Å². The molecule has 1 aromatic rings. The van der Waals surface area contributed by atoms with Crippen molar-refractivity contribution >= 4 is 17.4 Å². The number of morpholine rings is 1. The topological polar surface area (TPSA) is 44.8 Å². The van der Waals surface area contributed by atoms with Gasteiger partial charge in [0.1, 0.15) is 6.10 Å². The zero-order valence-corrected chi connectivity index (χ0v) is 15.1. The van der Waals surface area contributed by atoms with Crippen LogP contribution in [0.4, 0.5) is 4.79 Å². The summed E-state index contributed by atoms with van der Waals surface area (Å²) >= 11 is 1.68. The third-order valence-electron chi connectivity index (χ3n) is 5.63. The van der Waals surface area contributed by atoms with E-state index < -0.39 is 0 Å².